The highest BCUT2D eigenvalue weighted by Crippen LogP contribution is 2.21. The van der Waals surface area contributed by atoms with Crippen molar-refractivity contribution in [3.8, 4) is 23.5 Å². The number of hydrogen-bond acceptors (Lipinski definition) is 4. The van der Waals surface area contributed by atoms with Crippen LogP contribution in [0.2, 0.25) is 0 Å². The first-order valence-corrected chi connectivity index (χ1v) is 12.1. The van der Waals surface area contributed by atoms with Crippen LogP contribution in [-0.2, 0) is 22.5 Å². The number of ether oxygens (including phenoxy) is 1. The Kier molecular flexibility index (Phi) is 11.5. The maximum absolute atomic E-state index is 10.6. The van der Waals surface area contributed by atoms with E-state index in [0.717, 1.165) is 37.1 Å². The average molecular weight is 505 g/mol. The van der Waals surface area contributed by atoms with Crippen LogP contribution in [0.3, 0.4) is 0 Å². The first-order valence-electron chi connectivity index (χ1n) is 11.7. The summed E-state index contributed by atoms with van der Waals surface area (Å²) in [7, 11) is 0. The van der Waals surface area contributed by atoms with Gasteiger partial charge in [0.05, 0.1) is 12.9 Å². The highest BCUT2D eigenvalue weighted by Gasteiger charge is 2.10. The van der Waals surface area contributed by atoms with Crippen molar-refractivity contribution in [3.63, 3.8) is 0 Å². The number of aliphatic imine (C=N–C) groups is 1. The van der Waals surface area contributed by atoms with Crippen molar-refractivity contribution >= 4 is 23.4 Å². The van der Waals surface area contributed by atoms with Crippen molar-refractivity contribution in [1.29, 1.82) is 0 Å². The number of rotatable bonds is 9. The Bertz CT molecular complexity index is 1240. The van der Waals surface area contributed by atoms with Crippen LogP contribution in [0.4, 0.5) is 0 Å². The molecule has 0 aliphatic heterocycles. The van der Waals surface area contributed by atoms with E-state index in [1.165, 1.54) is 23.6 Å². The number of hydrogen-bond donors (Lipinski definition) is 1. The molecular formula is C29H33ClN4O2. The molecule has 0 saturated carbocycles. The molecule has 2 N–H and O–H groups in total. The number of aryl methyl sites for hydroxylation is 2. The lowest BCUT2D eigenvalue weighted by atomic mass is 10.0. The first kappa shape index (κ1) is 28.4. The number of carbonyl (C=O) groups excluding carboxylic acids is 1. The zero-order valence-corrected chi connectivity index (χ0v) is 21.9. The molecule has 7 heteroatoms. The van der Waals surface area contributed by atoms with Crippen LogP contribution in [-0.4, -0.2) is 28.0 Å². The van der Waals surface area contributed by atoms with Gasteiger partial charge >= 0.3 is 5.97 Å². The minimum Gasteiger partial charge on any atom is -0.466 e. The van der Waals surface area contributed by atoms with E-state index in [2.05, 4.69) is 65.8 Å². The van der Waals surface area contributed by atoms with Gasteiger partial charge in [-0.05, 0) is 55.0 Å². The predicted molar refractivity (Wildman–Crippen MR) is 148 cm³/mol. The van der Waals surface area contributed by atoms with Crippen LogP contribution in [0.25, 0.3) is 11.1 Å². The van der Waals surface area contributed by atoms with Gasteiger partial charge in [0.2, 0.25) is 0 Å². The topological polar surface area (TPSA) is 82.5 Å². The van der Waals surface area contributed by atoms with Crippen molar-refractivity contribution in [2.75, 3.05) is 6.61 Å². The molecule has 0 bridgehead atoms. The number of imidazole rings is 1. The van der Waals surface area contributed by atoms with Gasteiger partial charge in [0.1, 0.15) is 10.9 Å². The molecule has 3 aromatic rings. The molecule has 0 unspecified atom stereocenters. The molecule has 0 aliphatic carbocycles. The first-order chi connectivity index (χ1) is 17.2. The number of unbranched alkanes of at least 4 members (excludes halogenated alkanes) is 1. The number of benzene rings is 2. The minimum absolute atomic E-state index is 0.123. The van der Waals surface area contributed by atoms with E-state index in [-0.39, 0.29) is 17.0 Å². The number of esters is 1. The van der Waals surface area contributed by atoms with Gasteiger partial charge in [-0.2, -0.15) is 0 Å². The Morgan fingerprint density at radius 2 is 1.94 bits per heavy atom. The summed E-state index contributed by atoms with van der Waals surface area (Å²) in [6, 6.07) is 16.7. The molecule has 1 aromatic heterocycles. The van der Waals surface area contributed by atoms with E-state index >= 15 is 0 Å². The van der Waals surface area contributed by atoms with E-state index < -0.39 is 0 Å². The normalized spacial score (nSPS) is 10.7. The highest BCUT2D eigenvalue weighted by molar-refractivity contribution is 6.29. The zero-order chi connectivity index (χ0) is 26.5. The van der Waals surface area contributed by atoms with E-state index in [1.54, 1.807) is 6.33 Å². The van der Waals surface area contributed by atoms with Gasteiger partial charge in [-0.3, -0.25) is 4.79 Å². The SMILES string of the molecule is C#Cc1ccc(-c2cccc(CC)c2)cc1.C=C(Cl)/N=C(/N)c1ncn(CCCCOC(C)=O)c1C. The van der Waals surface area contributed by atoms with Crippen LogP contribution in [0.15, 0.2) is 71.6 Å². The van der Waals surface area contributed by atoms with Gasteiger partial charge in [-0.15, -0.1) is 6.42 Å². The van der Waals surface area contributed by atoms with Gasteiger partial charge in [-0.25, -0.2) is 9.98 Å². The Balaban J connectivity index is 0.000000259. The number of amidine groups is 1. The maximum Gasteiger partial charge on any atom is 0.302 e. The van der Waals surface area contributed by atoms with Crippen molar-refractivity contribution in [2.24, 2.45) is 10.7 Å². The largest absolute Gasteiger partial charge is 0.466 e. The summed E-state index contributed by atoms with van der Waals surface area (Å²) in [6.07, 6.45) is 9.78. The monoisotopic (exact) mass is 504 g/mol. The van der Waals surface area contributed by atoms with Crippen LogP contribution in [0.5, 0.6) is 0 Å². The molecule has 6 nitrogen and oxygen atoms in total. The van der Waals surface area contributed by atoms with Crippen LogP contribution in [0.1, 0.15) is 49.2 Å². The van der Waals surface area contributed by atoms with E-state index in [0.29, 0.717) is 12.3 Å². The van der Waals surface area contributed by atoms with E-state index in [4.69, 9.17) is 28.5 Å². The molecule has 36 heavy (non-hydrogen) atoms. The summed E-state index contributed by atoms with van der Waals surface area (Å²) in [5.74, 6) is 2.63. The molecule has 0 radical (unpaired) electrons. The number of terminal acetylenes is 1. The summed E-state index contributed by atoms with van der Waals surface area (Å²) in [5, 5.41) is 0.123. The third-order valence-corrected chi connectivity index (χ3v) is 5.49. The van der Waals surface area contributed by atoms with Crippen molar-refractivity contribution in [1.82, 2.24) is 9.55 Å². The lowest BCUT2D eigenvalue weighted by Crippen LogP contribution is -2.15. The molecule has 0 aliphatic rings. The molecule has 0 fully saturated rings. The summed E-state index contributed by atoms with van der Waals surface area (Å²) >= 11 is 5.59. The van der Waals surface area contributed by atoms with Crippen LogP contribution >= 0.6 is 11.6 Å². The van der Waals surface area contributed by atoms with Crippen molar-refractivity contribution in [2.45, 2.75) is 46.6 Å². The number of carbonyl (C=O) groups is 1. The lowest BCUT2D eigenvalue weighted by molar-refractivity contribution is -0.141. The van der Waals surface area contributed by atoms with Gasteiger partial charge < -0.3 is 15.0 Å². The Labute approximate surface area is 218 Å². The van der Waals surface area contributed by atoms with Gasteiger partial charge in [0, 0.05) is 24.7 Å². The standard InChI is InChI=1S/C16H14.C13H19ClN4O2/c1-3-13-8-10-15(11-9-13)16-7-5-6-14(4-2)12-16;1-9-12(13(15)17-10(2)14)16-8-18(9)6-4-5-7-20-11(3)19/h1,5-12H,4H2,2H3;8H,2,4-7H2,1,3H3,(H2,15,17). The third-order valence-electron chi connectivity index (χ3n) is 5.40. The summed E-state index contributed by atoms with van der Waals surface area (Å²) < 4.78 is 6.84. The number of aromatic nitrogens is 2. The van der Waals surface area contributed by atoms with Gasteiger partial charge in [-0.1, -0.05) is 67.4 Å². The Morgan fingerprint density at radius 1 is 1.22 bits per heavy atom. The van der Waals surface area contributed by atoms with Crippen molar-refractivity contribution < 1.29 is 9.53 Å². The molecule has 188 valence electrons. The van der Waals surface area contributed by atoms with Crippen LogP contribution < -0.4 is 5.73 Å². The highest BCUT2D eigenvalue weighted by atomic mass is 35.5. The Hall–Kier alpha value is -3.82. The van der Waals surface area contributed by atoms with E-state index in [1.807, 2.05) is 23.6 Å². The fourth-order valence-corrected chi connectivity index (χ4v) is 3.52. The third kappa shape index (κ3) is 9.09. The summed E-state index contributed by atoms with van der Waals surface area (Å²) in [4.78, 5) is 18.7. The van der Waals surface area contributed by atoms with E-state index in [9.17, 15) is 4.79 Å². The fraction of sp³-hybridized carbons (Fsp3) is 0.276. The average Bonchev–Trinajstić information content (AvgIpc) is 3.24. The molecular weight excluding hydrogens is 472 g/mol. The number of halogens is 1. The predicted octanol–water partition coefficient (Wildman–Crippen LogP) is 5.85. The fourth-order valence-electron chi connectivity index (χ4n) is 3.43. The Morgan fingerprint density at radius 3 is 2.56 bits per heavy atom. The summed E-state index contributed by atoms with van der Waals surface area (Å²) in [5.41, 5.74) is 12.1. The maximum atomic E-state index is 10.6. The molecule has 0 amide bonds. The van der Waals surface area contributed by atoms with Gasteiger partial charge in [0.25, 0.3) is 0 Å². The molecule has 2 aromatic carbocycles. The molecule has 3 rings (SSSR count). The molecule has 1 heterocycles. The van der Waals surface area contributed by atoms with Crippen molar-refractivity contribution in [3.05, 3.63) is 89.1 Å². The lowest BCUT2D eigenvalue weighted by Gasteiger charge is -2.06. The minimum atomic E-state index is -0.253. The number of nitrogens with two attached hydrogens (primary N) is 1. The second-order valence-corrected chi connectivity index (χ2v) is 8.50. The molecule has 0 spiro atoms. The quantitative estimate of drug-likeness (QED) is 0.0989. The second-order valence-electron chi connectivity index (χ2n) is 8.07. The molecule has 0 saturated heterocycles. The number of nitrogens with zero attached hydrogens (tertiary/aromatic N) is 3. The molecule has 0 atom stereocenters. The van der Waals surface area contributed by atoms with Gasteiger partial charge in [0.15, 0.2) is 5.84 Å². The zero-order valence-electron chi connectivity index (χ0n) is 21.1. The smallest absolute Gasteiger partial charge is 0.302 e. The summed E-state index contributed by atoms with van der Waals surface area (Å²) in [6.45, 7) is 10.2. The van der Waals surface area contributed by atoms with Crippen LogP contribution in [0, 0.1) is 19.3 Å². The second kappa shape index (κ2) is 14.6.